The third kappa shape index (κ3) is 10.1. The van der Waals surface area contributed by atoms with Crippen molar-refractivity contribution in [1.29, 1.82) is 0 Å². The Morgan fingerprint density at radius 1 is 0.849 bits per heavy atom. The lowest BCUT2D eigenvalue weighted by Crippen LogP contribution is -2.62. The van der Waals surface area contributed by atoms with Gasteiger partial charge in [-0.15, -0.1) is 0 Å². The number of hydrogen-bond acceptors (Lipinski definition) is 14. The van der Waals surface area contributed by atoms with E-state index in [1.165, 1.54) is 14.0 Å². The average molecular weight is 763 g/mol. The molecule has 3 fully saturated rings. The summed E-state index contributed by atoms with van der Waals surface area (Å²) in [6.07, 6.45) is -8.35. The van der Waals surface area contributed by atoms with E-state index in [-0.39, 0.29) is 43.4 Å². The summed E-state index contributed by atoms with van der Waals surface area (Å²) < 4.78 is 37.7. The molecule has 0 radical (unpaired) electrons. The van der Waals surface area contributed by atoms with E-state index in [4.69, 9.17) is 28.4 Å². The van der Waals surface area contributed by atoms with Crippen LogP contribution >= 0.6 is 0 Å². The Balaban J connectivity index is 2.22. The molecule has 14 nitrogen and oxygen atoms in total. The Hall–Kier alpha value is -1.01. The largest absolute Gasteiger partial charge is 0.459 e. The third-order valence-electron chi connectivity index (χ3n) is 12.6. The highest BCUT2D eigenvalue weighted by molar-refractivity contribution is 5.73. The second-order valence-electron chi connectivity index (χ2n) is 17.7. The number of esters is 1. The highest BCUT2D eigenvalue weighted by Crippen LogP contribution is 2.42. The lowest BCUT2D eigenvalue weighted by atomic mass is 9.72. The quantitative estimate of drug-likeness (QED) is 0.227. The van der Waals surface area contributed by atoms with Crippen molar-refractivity contribution >= 4 is 5.97 Å². The minimum absolute atomic E-state index is 0.131. The predicted molar refractivity (Wildman–Crippen MR) is 199 cm³/mol. The molecule has 0 aliphatic carbocycles. The van der Waals surface area contributed by atoms with Gasteiger partial charge < -0.3 is 63.8 Å². The highest BCUT2D eigenvalue weighted by atomic mass is 16.7. The molecule has 5 N–H and O–H groups in total. The maximum atomic E-state index is 14.2. The van der Waals surface area contributed by atoms with Gasteiger partial charge in [-0.05, 0) is 94.9 Å². The van der Waals surface area contributed by atoms with Gasteiger partial charge in [-0.1, -0.05) is 27.7 Å². The van der Waals surface area contributed by atoms with E-state index in [1.54, 1.807) is 34.6 Å². The number of cyclic esters (lactones) is 1. The summed E-state index contributed by atoms with van der Waals surface area (Å²) in [6.45, 7) is 17.7. The minimum Gasteiger partial charge on any atom is -0.459 e. The van der Waals surface area contributed by atoms with E-state index in [0.29, 0.717) is 6.42 Å². The molecule has 3 aliphatic rings. The molecule has 0 bridgehead atoms. The Morgan fingerprint density at radius 2 is 1.45 bits per heavy atom. The summed E-state index contributed by atoms with van der Waals surface area (Å²) in [5.74, 6) is -3.23. The van der Waals surface area contributed by atoms with Crippen molar-refractivity contribution in [2.75, 3.05) is 35.3 Å². The fourth-order valence-electron chi connectivity index (χ4n) is 9.57. The lowest BCUT2D eigenvalue weighted by Gasteiger charge is -2.50. The molecule has 3 saturated heterocycles. The molecule has 0 amide bonds. The molecule has 0 aromatic carbocycles. The molecule has 3 rings (SSSR count). The zero-order valence-electron chi connectivity index (χ0n) is 35.1. The second kappa shape index (κ2) is 18.1. The van der Waals surface area contributed by atoms with Crippen LogP contribution < -0.4 is 0 Å². The highest BCUT2D eigenvalue weighted by Gasteiger charge is 2.53. The molecule has 19 atom stereocenters. The fraction of sp³-hybridized carbons (Fsp3) is 0.974. The summed E-state index contributed by atoms with van der Waals surface area (Å²) in [7, 11) is 9.06. The van der Waals surface area contributed by atoms with Crippen molar-refractivity contribution in [2.45, 2.75) is 185 Å². The summed E-state index contributed by atoms with van der Waals surface area (Å²) in [4.78, 5) is 18.1. The minimum atomic E-state index is -1.82. The van der Waals surface area contributed by atoms with Crippen LogP contribution in [-0.4, -0.2) is 167 Å². The fourth-order valence-corrected chi connectivity index (χ4v) is 9.57. The van der Waals surface area contributed by atoms with Crippen molar-refractivity contribution in [3.05, 3.63) is 0 Å². The summed E-state index contributed by atoms with van der Waals surface area (Å²) in [5, 5.41) is 58.9. The molecule has 2 unspecified atom stereocenters. The van der Waals surface area contributed by atoms with Crippen LogP contribution in [0.5, 0.6) is 0 Å². The molecule has 53 heavy (non-hydrogen) atoms. The van der Waals surface area contributed by atoms with E-state index in [0.717, 1.165) is 0 Å². The summed E-state index contributed by atoms with van der Waals surface area (Å²) >= 11 is 0. The molecule has 0 saturated carbocycles. The number of aliphatic hydroxyl groups excluding tert-OH is 3. The second-order valence-corrected chi connectivity index (χ2v) is 17.7. The first-order chi connectivity index (χ1) is 24.3. The van der Waals surface area contributed by atoms with Gasteiger partial charge in [0, 0.05) is 37.5 Å². The number of nitrogens with zero attached hydrogens (tertiary/aromatic N) is 2. The van der Waals surface area contributed by atoms with Crippen LogP contribution in [0.2, 0.25) is 0 Å². The number of ether oxygens (including phenoxy) is 6. The number of carbonyl (C=O) groups excluding carboxylic acids is 1. The van der Waals surface area contributed by atoms with Gasteiger partial charge in [0.2, 0.25) is 0 Å². The van der Waals surface area contributed by atoms with E-state index in [9.17, 15) is 30.3 Å². The maximum absolute atomic E-state index is 14.2. The first-order valence-electron chi connectivity index (χ1n) is 19.5. The molecular weight excluding hydrogens is 688 g/mol. The van der Waals surface area contributed by atoms with Crippen LogP contribution in [0.25, 0.3) is 0 Å². The molecular formula is C39H74N2O12. The molecule has 3 heterocycles. The molecule has 0 aromatic rings. The summed E-state index contributed by atoms with van der Waals surface area (Å²) in [6, 6.07) is -0.622. The SMILES string of the molecule is CCC1OC(=O)[C@H](C)C(O[C@H]2C[C@@](C)(OC)[C@@H](O)[C@H](C)O2)[C@H](C)[C@@H](O[C@@H]2O[C@H](C)C[C@H](N(C)C)[C@H]2O)[C@](C)(O)C[C@@H](C)[C@H](N(C)C)[C@H](C)[C@@H](O)[C@]1(C)O. The Kier molecular flexibility index (Phi) is 15.8. The molecule has 0 spiro atoms. The topological polar surface area (TPSA) is 180 Å². The normalized spacial score (nSPS) is 49.8. The monoisotopic (exact) mass is 763 g/mol. The maximum Gasteiger partial charge on any atom is 0.311 e. The predicted octanol–water partition coefficient (Wildman–Crippen LogP) is 2.15. The van der Waals surface area contributed by atoms with Gasteiger partial charge in [0.25, 0.3) is 0 Å². The number of methoxy groups -OCH3 is 1. The van der Waals surface area contributed by atoms with E-state index in [2.05, 4.69) is 0 Å². The third-order valence-corrected chi connectivity index (χ3v) is 12.6. The first kappa shape index (κ1) is 46.4. The van der Waals surface area contributed by atoms with E-state index in [1.807, 2.05) is 65.7 Å². The van der Waals surface area contributed by atoms with Crippen molar-refractivity contribution in [3.63, 3.8) is 0 Å². The molecule has 14 heteroatoms. The number of rotatable bonds is 8. The average Bonchev–Trinajstić information content (AvgIpc) is 3.06. The van der Waals surface area contributed by atoms with Crippen molar-refractivity contribution in [3.8, 4) is 0 Å². The van der Waals surface area contributed by atoms with Gasteiger partial charge in [-0.2, -0.15) is 0 Å². The van der Waals surface area contributed by atoms with Crippen LogP contribution in [0.4, 0.5) is 0 Å². The van der Waals surface area contributed by atoms with Gasteiger partial charge >= 0.3 is 5.97 Å². The van der Waals surface area contributed by atoms with Crippen molar-refractivity contribution < 1.29 is 58.7 Å². The van der Waals surface area contributed by atoms with Crippen LogP contribution in [0.1, 0.15) is 94.9 Å². The van der Waals surface area contributed by atoms with E-state index >= 15 is 0 Å². The Bertz CT molecular complexity index is 1170. The van der Waals surface area contributed by atoms with Crippen molar-refractivity contribution in [1.82, 2.24) is 9.80 Å². The van der Waals surface area contributed by atoms with E-state index < -0.39 is 95.8 Å². The van der Waals surface area contributed by atoms with Crippen LogP contribution in [0, 0.1) is 23.7 Å². The van der Waals surface area contributed by atoms with Crippen molar-refractivity contribution in [2.24, 2.45) is 23.7 Å². The lowest BCUT2D eigenvalue weighted by molar-refractivity contribution is -0.318. The Labute approximate surface area is 318 Å². The van der Waals surface area contributed by atoms with Crippen LogP contribution in [0.3, 0.4) is 0 Å². The van der Waals surface area contributed by atoms with Gasteiger partial charge in [0.05, 0.1) is 47.6 Å². The number of carbonyl (C=O) groups is 1. The molecule has 3 aliphatic heterocycles. The van der Waals surface area contributed by atoms with Crippen LogP contribution in [-0.2, 0) is 33.2 Å². The van der Waals surface area contributed by atoms with Gasteiger partial charge in [-0.3, -0.25) is 4.79 Å². The Morgan fingerprint density at radius 3 is 1.98 bits per heavy atom. The van der Waals surface area contributed by atoms with Crippen LogP contribution in [0.15, 0.2) is 0 Å². The number of aliphatic hydroxyl groups is 5. The zero-order chi connectivity index (χ0) is 40.5. The molecule has 312 valence electrons. The van der Waals surface area contributed by atoms with Gasteiger partial charge in [0.1, 0.15) is 23.9 Å². The number of hydrogen-bond donors (Lipinski definition) is 5. The summed E-state index contributed by atoms with van der Waals surface area (Å²) in [5.41, 5.74) is -4.45. The van der Waals surface area contributed by atoms with Gasteiger partial charge in [0.15, 0.2) is 12.6 Å². The first-order valence-corrected chi connectivity index (χ1v) is 19.5. The zero-order valence-corrected chi connectivity index (χ0v) is 35.1. The standard InChI is InChI=1S/C39H74N2O12/c1-16-27-39(10,47)32(43)22(4)29(41(13)14)20(2)18-37(8,46)34(53-36-30(42)26(40(11)12)17-21(3)49-36)23(5)31(24(6)35(45)51-27)52-28-19-38(9,48-15)33(44)25(7)50-28/h20-34,36,42-44,46-47H,16-19H2,1-15H3/t20-,21-,22+,23+,24-,25+,26+,27?,28+,29+,30-,31?,32-,33+,34-,36+,37-,38-,39-/m1/s1. The smallest absolute Gasteiger partial charge is 0.311 e. The molecule has 0 aromatic heterocycles. The van der Waals surface area contributed by atoms with Gasteiger partial charge in [-0.25, -0.2) is 0 Å². The number of likely N-dealkylation sites (N-methyl/N-ethyl adjacent to an activating group) is 1.